The van der Waals surface area contributed by atoms with Crippen molar-refractivity contribution in [3.63, 3.8) is 0 Å². The normalized spacial score (nSPS) is 17.0. The summed E-state index contributed by atoms with van der Waals surface area (Å²) in [5.41, 5.74) is 8.49. The molecule has 2 aromatic rings. The molecule has 2 aromatic carbocycles. The van der Waals surface area contributed by atoms with Gasteiger partial charge in [-0.2, -0.15) is 0 Å². The molecule has 0 saturated carbocycles. The highest BCUT2D eigenvalue weighted by atomic mass is 16.2. The van der Waals surface area contributed by atoms with E-state index in [-0.39, 0.29) is 23.8 Å². The highest BCUT2D eigenvalue weighted by Gasteiger charge is 2.23. The molecule has 1 aliphatic rings. The molecule has 148 valence electrons. The lowest BCUT2D eigenvalue weighted by molar-refractivity contribution is -0.120. The number of benzene rings is 2. The molecule has 5 heteroatoms. The van der Waals surface area contributed by atoms with Crippen molar-refractivity contribution in [2.45, 2.75) is 32.7 Å². The van der Waals surface area contributed by atoms with E-state index < -0.39 is 0 Å². The highest BCUT2D eigenvalue weighted by Crippen LogP contribution is 2.22. The molecular weight excluding hydrogens is 350 g/mol. The first kappa shape index (κ1) is 20.1. The van der Waals surface area contributed by atoms with Gasteiger partial charge < -0.3 is 16.0 Å². The molecule has 3 rings (SSSR count). The van der Waals surface area contributed by atoms with Gasteiger partial charge in [0, 0.05) is 30.4 Å². The van der Waals surface area contributed by atoms with Gasteiger partial charge in [-0.15, -0.1) is 0 Å². The predicted octanol–water partition coefficient (Wildman–Crippen LogP) is 3.83. The molecule has 1 heterocycles. The van der Waals surface area contributed by atoms with Crippen LogP contribution < -0.4 is 11.1 Å². The zero-order chi connectivity index (χ0) is 20.1. The van der Waals surface area contributed by atoms with Crippen molar-refractivity contribution in [1.29, 1.82) is 0 Å². The van der Waals surface area contributed by atoms with E-state index >= 15 is 0 Å². The molecule has 0 aromatic heterocycles. The van der Waals surface area contributed by atoms with Crippen LogP contribution >= 0.6 is 0 Å². The topological polar surface area (TPSA) is 75.4 Å². The molecule has 1 saturated heterocycles. The van der Waals surface area contributed by atoms with Crippen LogP contribution in [0.2, 0.25) is 0 Å². The van der Waals surface area contributed by atoms with Crippen molar-refractivity contribution in [1.82, 2.24) is 4.90 Å². The van der Waals surface area contributed by atoms with Crippen LogP contribution in [0.25, 0.3) is 0 Å². The van der Waals surface area contributed by atoms with E-state index in [1.165, 1.54) is 0 Å². The number of hydrogen-bond acceptors (Lipinski definition) is 3. The second kappa shape index (κ2) is 9.02. The van der Waals surface area contributed by atoms with Gasteiger partial charge in [0.05, 0.1) is 5.92 Å². The minimum Gasteiger partial charge on any atom is -0.339 e. The molecule has 1 aliphatic heterocycles. The number of nitrogens with two attached hydrogens (primary N) is 1. The highest BCUT2D eigenvalue weighted by molar-refractivity contribution is 5.96. The summed E-state index contributed by atoms with van der Waals surface area (Å²) < 4.78 is 0. The second-order valence-corrected chi connectivity index (χ2v) is 7.77. The molecule has 2 unspecified atom stereocenters. The molecule has 0 bridgehead atoms. The van der Waals surface area contributed by atoms with Gasteiger partial charge in [-0.1, -0.05) is 44.2 Å². The van der Waals surface area contributed by atoms with E-state index in [1.54, 1.807) is 24.3 Å². The maximum atomic E-state index is 12.6. The number of likely N-dealkylation sites (tertiary alicyclic amines) is 1. The van der Waals surface area contributed by atoms with Crippen LogP contribution in [0.15, 0.2) is 54.6 Å². The summed E-state index contributed by atoms with van der Waals surface area (Å²) in [5.74, 6) is 0.231. The van der Waals surface area contributed by atoms with Gasteiger partial charge in [0.1, 0.15) is 0 Å². The summed E-state index contributed by atoms with van der Waals surface area (Å²) >= 11 is 0. The molecule has 5 nitrogen and oxygen atoms in total. The number of anilines is 1. The third kappa shape index (κ3) is 4.78. The van der Waals surface area contributed by atoms with E-state index in [9.17, 15) is 9.59 Å². The van der Waals surface area contributed by atoms with Crippen LogP contribution in [0.1, 0.15) is 48.7 Å². The molecule has 0 aliphatic carbocycles. The molecular formula is C23H29N3O2. The summed E-state index contributed by atoms with van der Waals surface area (Å²) in [7, 11) is 0. The van der Waals surface area contributed by atoms with E-state index in [0.29, 0.717) is 17.2 Å². The average molecular weight is 380 g/mol. The Morgan fingerprint density at radius 3 is 2.25 bits per heavy atom. The summed E-state index contributed by atoms with van der Waals surface area (Å²) in [5, 5.41) is 2.90. The standard InChI is InChI=1S/C23H29N3O2/c1-16-12-14-26(15-13-16)23(28)19-8-10-20(11-9-19)25-22(27)17(2)21(24)18-6-4-3-5-7-18/h3-11,16-17,21H,12-15,24H2,1-2H3,(H,25,27). The first-order valence-corrected chi connectivity index (χ1v) is 9.96. The fourth-order valence-electron chi connectivity index (χ4n) is 3.47. The number of nitrogens with one attached hydrogen (secondary N) is 1. The Morgan fingerprint density at radius 2 is 1.64 bits per heavy atom. The number of amides is 2. The first-order valence-electron chi connectivity index (χ1n) is 9.96. The van der Waals surface area contributed by atoms with Crippen molar-refractivity contribution in [3.05, 3.63) is 65.7 Å². The molecule has 2 atom stereocenters. The van der Waals surface area contributed by atoms with Crippen LogP contribution in [-0.4, -0.2) is 29.8 Å². The van der Waals surface area contributed by atoms with Crippen molar-refractivity contribution >= 4 is 17.5 Å². The van der Waals surface area contributed by atoms with Gasteiger partial charge in [-0.3, -0.25) is 9.59 Å². The Bertz CT molecular complexity index is 796. The molecule has 3 N–H and O–H groups in total. The largest absolute Gasteiger partial charge is 0.339 e. The van der Waals surface area contributed by atoms with Gasteiger partial charge in [-0.25, -0.2) is 0 Å². The molecule has 0 spiro atoms. The SMILES string of the molecule is CC1CCN(C(=O)c2ccc(NC(=O)C(C)C(N)c3ccccc3)cc2)CC1. The number of nitrogens with zero attached hydrogens (tertiary/aromatic N) is 1. The van der Waals surface area contributed by atoms with E-state index in [1.807, 2.05) is 42.2 Å². The lowest BCUT2D eigenvalue weighted by Gasteiger charge is -2.30. The van der Waals surface area contributed by atoms with E-state index in [4.69, 9.17) is 5.73 Å². The number of hydrogen-bond donors (Lipinski definition) is 2. The van der Waals surface area contributed by atoms with Crippen LogP contribution in [0.5, 0.6) is 0 Å². The fourth-order valence-corrected chi connectivity index (χ4v) is 3.47. The quantitative estimate of drug-likeness (QED) is 0.829. The fraction of sp³-hybridized carbons (Fsp3) is 0.391. The van der Waals surface area contributed by atoms with Crippen LogP contribution in [0.4, 0.5) is 5.69 Å². The number of piperidine rings is 1. The lowest BCUT2D eigenvalue weighted by Crippen LogP contribution is -2.37. The van der Waals surface area contributed by atoms with Crippen LogP contribution in [-0.2, 0) is 4.79 Å². The third-order valence-corrected chi connectivity index (χ3v) is 5.61. The average Bonchev–Trinajstić information content (AvgIpc) is 2.74. The van der Waals surface area contributed by atoms with Crippen LogP contribution in [0.3, 0.4) is 0 Å². The first-order chi connectivity index (χ1) is 13.5. The maximum Gasteiger partial charge on any atom is 0.253 e. The van der Waals surface area contributed by atoms with Crippen molar-refractivity contribution in [2.75, 3.05) is 18.4 Å². The summed E-state index contributed by atoms with van der Waals surface area (Å²) in [4.78, 5) is 27.1. The lowest BCUT2D eigenvalue weighted by atomic mass is 9.94. The van der Waals surface area contributed by atoms with Gasteiger partial charge in [0.25, 0.3) is 5.91 Å². The van der Waals surface area contributed by atoms with Crippen LogP contribution in [0, 0.1) is 11.8 Å². The van der Waals surface area contributed by atoms with E-state index in [2.05, 4.69) is 12.2 Å². The van der Waals surface area contributed by atoms with Crippen molar-refractivity contribution in [3.8, 4) is 0 Å². The molecule has 28 heavy (non-hydrogen) atoms. The summed E-state index contributed by atoms with van der Waals surface area (Å²) in [6.45, 7) is 5.67. The monoisotopic (exact) mass is 379 g/mol. The zero-order valence-corrected chi connectivity index (χ0v) is 16.6. The van der Waals surface area contributed by atoms with Crippen molar-refractivity contribution < 1.29 is 9.59 Å². The third-order valence-electron chi connectivity index (χ3n) is 5.61. The van der Waals surface area contributed by atoms with Gasteiger partial charge in [0.15, 0.2) is 0 Å². The zero-order valence-electron chi connectivity index (χ0n) is 16.6. The number of rotatable bonds is 5. The predicted molar refractivity (Wildman–Crippen MR) is 112 cm³/mol. The van der Waals surface area contributed by atoms with E-state index in [0.717, 1.165) is 31.5 Å². The molecule has 0 radical (unpaired) electrons. The Balaban J connectivity index is 1.59. The minimum absolute atomic E-state index is 0.0595. The second-order valence-electron chi connectivity index (χ2n) is 7.77. The maximum absolute atomic E-state index is 12.6. The molecule has 1 fully saturated rings. The minimum atomic E-state index is -0.376. The van der Waals surface area contributed by atoms with Crippen molar-refractivity contribution in [2.24, 2.45) is 17.6 Å². The summed E-state index contributed by atoms with van der Waals surface area (Å²) in [6, 6.07) is 16.3. The van der Waals surface area contributed by atoms with Gasteiger partial charge in [0.2, 0.25) is 5.91 Å². The van der Waals surface area contributed by atoms with Gasteiger partial charge >= 0.3 is 0 Å². The number of carbonyl (C=O) groups is 2. The number of carbonyl (C=O) groups excluding carboxylic acids is 2. The summed E-state index contributed by atoms with van der Waals surface area (Å²) in [6.07, 6.45) is 2.11. The molecule has 2 amide bonds. The smallest absolute Gasteiger partial charge is 0.253 e. The van der Waals surface area contributed by atoms with Gasteiger partial charge in [-0.05, 0) is 48.6 Å². The Labute approximate surface area is 166 Å². The Morgan fingerprint density at radius 1 is 1.04 bits per heavy atom. The Hall–Kier alpha value is -2.66. The Kier molecular flexibility index (Phi) is 6.47.